The van der Waals surface area contributed by atoms with Crippen LogP contribution in [-0.4, -0.2) is 14.1 Å². The number of nitrogens with zero attached hydrogens (tertiary/aromatic N) is 4. The molecule has 6 heteroatoms. The normalized spacial score (nSPS) is 13.3. The Morgan fingerprint density at radius 1 is 0.485 bits per heavy atom. The van der Waals surface area contributed by atoms with Gasteiger partial charge >= 0.3 is 0 Å². The topological polar surface area (TPSA) is 35.9 Å². The van der Waals surface area contributed by atoms with Crippen molar-refractivity contribution in [1.82, 2.24) is 14.1 Å². The summed E-state index contributed by atoms with van der Waals surface area (Å²) >= 11 is 0. The van der Waals surface area contributed by atoms with E-state index in [1.165, 1.54) is 0 Å². The van der Waals surface area contributed by atoms with Crippen molar-refractivity contribution in [1.29, 1.82) is 0 Å². The first-order chi connectivity index (χ1) is 36.4. The zero-order valence-corrected chi connectivity index (χ0v) is 37.0. The van der Waals surface area contributed by atoms with Gasteiger partial charge in [-0.15, -0.1) is 29.7 Å². The third kappa shape index (κ3) is 7.20. The Hall–Kier alpha value is -8.11. The van der Waals surface area contributed by atoms with Gasteiger partial charge in [0.05, 0.1) is 30.4 Å². The molecular formula is C60H38N4OPt-2. The average Bonchev–Trinajstić information content (AvgIpc) is 3.99. The number of aromatic nitrogens is 4. The molecule has 0 atom stereocenters. The van der Waals surface area contributed by atoms with Crippen molar-refractivity contribution in [2.45, 2.75) is 0 Å². The van der Waals surface area contributed by atoms with Crippen molar-refractivity contribution >= 4 is 32.8 Å². The summed E-state index contributed by atoms with van der Waals surface area (Å²) in [7, 11) is 0. The molecule has 12 aromatic rings. The van der Waals surface area contributed by atoms with E-state index < -0.39 is 60.4 Å². The van der Waals surface area contributed by atoms with Gasteiger partial charge in [-0.3, -0.25) is 4.57 Å². The van der Waals surface area contributed by atoms with Gasteiger partial charge in [0.2, 0.25) is 0 Å². The fourth-order valence-corrected chi connectivity index (χ4v) is 8.63. The molecule has 66 heavy (non-hydrogen) atoms. The molecule has 9 aromatic carbocycles. The molecule has 0 bridgehead atoms. The second-order valence-corrected chi connectivity index (χ2v) is 15.2. The van der Waals surface area contributed by atoms with Crippen LogP contribution in [0.2, 0.25) is 0 Å². The minimum atomic E-state index is -0.575. The molecule has 0 amide bonds. The molecule has 5 nitrogen and oxygen atoms in total. The van der Waals surface area contributed by atoms with Crippen LogP contribution >= 0.6 is 0 Å². The molecule has 0 aliphatic heterocycles. The van der Waals surface area contributed by atoms with E-state index in [4.69, 9.17) is 23.4 Å². The van der Waals surface area contributed by atoms with Crippen LogP contribution in [0.25, 0.3) is 94.5 Å². The quantitative estimate of drug-likeness (QED) is 0.107. The minimum Gasteiger partial charge on any atom is -0.510 e. The van der Waals surface area contributed by atoms with Crippen LogP contribution < -0.4 is 9.30 Å². The number of hydrogen-bond acceptors (Lipinski definition) is 2. The summed E-state index contributed by atoms with van der Waals surface area (Å²) in [5, 5.41) is 1.97. The van der Waals surface area contributed by atoms with E-state index >= 15 is 0 Å². The maximum absolute atomic E-state index is 9.04. The van der Waals surface area contributed by atoms with Gasteiger partial charge in [-0.2, -0.15) is 18.2 Å². The second-order valence-electron chi connectivity index (χ2n) is 15.2. The van der Waals surface area contributed by atoms with Gasteiger partial charge in [-0.25, -0.2) is 4.98 Å². The third-order valence-corrected chi connectivity index (χ3v) is 11.4. The fourth-order valence-electron chi connectivity index (χ4n) is 8.63. The van der Waals surface area contributed by atoms with Gasteiger partial charge in [-0.1, -0.05) is 181 Å². The monoisotopic (exact) mass is 1040 g/mol. The SMILES string of the molecule is [2H]c1c([2H])c([2H])c(-c2cccc(-c3c([2H])c([2H])c([2H])c([2H])c3[2H])c2-[n+]2[c-]n(-c3[c-]c(Oc4[c-]c5c(cc4)c4ccccc4n5-c4ncccc4-c4ccccc4-c4ccccc4)ccc3)c3ccccc32)c([2H])c1[2H].[Pt]. The summed E-state index contributed by atoms with van der Waals surface area (Å²) in [4.78, 5) is 5.03. The number of benzene rings is 9. The number of hydrogen-bond donors (Lipinski definition) is 0. The van der Waals surface area contributed by atoms with Gasteiger partial charge < -0.3 is 13.9 Å². The van der Waals surface area contributed by atoms with E-state index in [1.807, 2.05) is 91.0 Å². The van der Waals surface area contributed by atoms with Crippen LogP contribution in [0.3, 0.4) is 0 Å². The first-order valence-electron chi connectivity index (χ1n) is 25.9. The molecular weight excluding hydrogens is 988 g/mol. The van der Waals surface area contributed by atoms with E-state index in [0.29, 0.717) is 28.2 Å². The maximum Gasteiger partial charge on any atom is 0.268 e. The summed E-state index contributed by atoms with van der Waals surface area (Å²) in [6, 6.07) is 53.8. The molecule has 0 aliphatic rings. The van der Waals surface area contributed by atoms with E-state index in [1.54, 1.807) is 45.7 Å². The Morgan fingerprint density at radius 3 is 1.88 bits per heavy atom. The van der Waals surface area contributed by atoms with Gasteiger partial charge in [0, 0.05) is 49.8 Å². The van der Waals surface area contributed by atoms with Crippen molar-refractivity contribution < 1.29 is 44.1 Å². The van der Waals surface area contributed by atoms with E-state index in [2.05, 4.69) is 65.5 Å². The second kappa shape index (κ2) is 17.5. The molecule has 0 fully saturated rings. The molecule has 0 N–H and O–H groups in total. The molecule has 3 heterocycles. The number of rotatable bonds is 9. The molecule has 0 saturated carbocycles. The number of ether oxygens (including phenoxy) is 1. The molecule has 12 rings (SSSR count). The largest absolute Gasteiger partial charge is 0.510 e. The predicted molar refractivity (Wildman–Crippen MR) is 262 cm³/mol. The molecule has 0 radical (unpaired) electrons. The fraction of sp³-hybridized carbons (Fsp3) is 0. The average molecular weight is 1040 g/mol. The molecule has 0 aliphatic carbocycles. The predicted octanol–water partition coefficient (Wildman–Crippen LogP) is 14.3. The molecule has 316 valence electrons. The molecule has 0 unspecified atom stereocenters. The van der Waals surface area contributed by atoms with Gasteiger partial charge in [0.25, 0.3) is 6.33 Å². The Balaban J connectivity index is 0.00000616. The smallest absolute Gasteiger partial charge is 0.268 e. The Morgan fingerprint density at radius 2 is 1.11 bits per heavy atom. The van der Waals surface area contributed by atoms with Crippen molar-refractivity contribution in [3.05, 3.63) is 249 Å². The van der Waals surface area contributed by atoms with Crippen molar-refractivity contribution in [3.8, 4) is 73.2 Å². The number of fused-ring (bicyclic) bond motifs is 4. The Bertz CT molecular complexity index is 4170. The van der Waals surface area contributed by atoms with Crippen LogP contribution in [0.5, 0.6) is 11.5 Å². The zero-order valence-electron chi connectivity index (χ0n) is 44.7. The number of para-hydroxylation sites is 4. The third-order valence-electron chi connectivity index (χ3n) is 11.4. The molecule has 3 aromatic heterocycles. The standard InChI is InChI=1S/C60H38N4O.Pt/c1-4-19-42(20-5-1)48-27-10-11-28-51(48)54-32-18-38-61-60(54)64-55-33-13-12-29-52(55)53-37-36-47(40-58(53)64)65-46-26-16-25-45(39-46)62-41-63(57-35-15-14-34-56(57)62)59-49(43-21-6-2-7-22-43)30-17-31-50(59)44-23-8-3-9-24-44;/h1-38H;/q-2;/i2D,3D,6D,7D,8D,9D,21D,22D,23D,24D;. The van der Waals surface area contributed by atoms with Crippen molar-refractivity contribution in [3.63, 3.8) is 0 Å². The van der Waals surface area contributed by atoms with Crippen LogP contribution in [0, 0.1) is 18.5 Å². The van der Waals surface area contributed by atoms with E-state index in [9.17, 15) is 0 Å². The number of imidazole rings is 1. The van der Waals surface area contributed by atoms with Gasteiger partial charge in [-0.05, 0) is 68.2 Å². The Kier molecular flexibility index (Phi) is 8.17. The Labute approximate surface area is 411 Å². The van der Waals surface area contributed by atoms with E-state index in [-0.39, 0.29) is 49.0 Å². The maximum atomic E-state index is 9.04. The van der Waals surface area contributed by atoms with Crippen LogP contribution in [0.4, 0.5) is 0 Å². The van der Waals surface area contributed by atoms with Gasteiger partial charge in [0.1, 0.15) is 5.82 Å². The first-order valence-corrected chi connectivity index (χ1v) is 20.9. The first kappa shape index (κ1) is 30.9. The zero-order chi connectivity index (χ0) is 51.8. The minimum absolute atomic E-state index is 0. The summed E-state index contributed by atoms with van der Waals surface area (Å²) in [5.74, 6) is 1.48. The molecule has 0 spiro atoms. The van der Waals surface area contributed by atoms with Crippen LogP contribution in [0.1, 0.15) is 13.7 Å². The summed E-state index contributed by atoms with van der Waals surface area (Å²) in [6.07, 6.45) is 5.21. The van der Waals surface area contributed by atoms with Crippen LogP contribution in [0.15, 0.2) is 230 Å². The van der Waals surface area contributed by atoms with Crippen molar-refractivity contribution in [2.24, 2.45) is 0 Å². The van der Waals surface area contributed by atoms with E-state index in [0.717, 1.165) is 49.9 Å². The number of pyridine rings is 1. The summed E-state index contributed by atoms with van der Waals surface area (Å²) < 4.78 is 99.3. The van der Waals surface area contributed by atoms with Gasteiger partial charge in [0.15, 0.2) is 0 Å². The van der Waals surface area contributed by atoms with Crippen LogP contribution in [-0.2, 0) is 21.1 Å². The molecule has 0 saturated heterocycles. The van der Waals surface area contributed by atoms with Crippen molar-refractivity contribution in [2.75, 3.05) is 0 Å². The summed E-state index contributed by atoms with van der Waals surface area (Å²) in [6.45, 7) is 0. The summed E-state index contributed by atoms with van der Waals surface area (Å²) in [5.41, 5.74) is 7.58.